The van der Waals surface area contributed by atoms with Crippen molar-refractivity contribution in [3.63, 3.8) is 0 Å². The van der Waals surface area contributed by atoms with Crippen molar-refractivity contribution in [2.45, 2.75) is 126 Å². The van der Waals surface area contributed by atoms with Crippen LogP contribution in [0.2, 0.25) is 0 Å². The van der Waals surface area contributed by atoms with Gasteiger partial charge in [-0.25, -0.2) is 0 Å². The number of rotatable bonds is 14. The highest BCUT2D eigenvalue weighted by Gasteiger charge is 2.53. The topological polar surface area (TPSA) is 273 Å². The van der Waals surface area contributed by atoms with Crippen molar-refractivity contribution in [3.8, 4) is 0 Å². The molecule has 1 aromatic carbocycles. The largest absolute Gasteiger partial charge is 0.463 e. The van der Waals surface area contributed by atoms with Crippen LogP contribution in [0.3, 0.4) is 0 Å². The normalized spacial score (nSPS) is 34.2. The van der Waals surface area contributed by atoms with Crippen molar-refractivity contribution in [3.05, 3.63) is 56.8 Å². The molecule has 4 rings (SSSR count). The third-order valence-electron chi connectivity index (χ3n) is 10.3. The van der Waals surface area contributed by atoms with E-state index in [-0.39, 0.29) is 37.8 Å². The van der Waals surface area contributed by atoms with E-state index in [1.165, 1.54) is 13.8 Å². The molecule has 1 aromatic rings. The minimum atomic E-state index is -2.25. The predicted octanol–water partition coefficient (Wildman–Crippen LogP) is 6.35. The molecule has 3 aliphatic heterocycles. The average Bonchev–Trinajstić information content (AvgIpc) is 3.17. The van der Waals surface area contributed by atoms with Crippen LogP contribution in [0.1, 0.15) is 54.0 Å². The standard InChI is InChI=1S/C35H48Cl3N7O11.CO2/c1-16-17(2)26(42-44-40)31(52-24(16)14-48-21(6)46)54-28-19(4)30(50-13-23-11-9-8-10-12-23)33(51-20(28)5)55-29-18(3)27(43-45-41)32(56-34(39)35(36,37)38)53-25(29)15-49-22(7)47;2-1-3/h8-12,16-20,24-33,39H,13-15H2,1-7H3;/t16-,17-,18+,19-,20?,24?,25?,26?,27?,28-,29-,30?,31+,32?,33-;/m0./s1. The summed E-state index contributed by atoms with van der Waals surface area (Å²) in [5.41, 5.74) is 19.8. The number of hydrogen-bond acceptors (Lipinski definition) is 16. The van der Waals surface area contributed by atoms with Gasteiger partial charge in [0, 0.05) is 29.6 Å². The van der Waals surface area contributed by atoms with Crippen LogP contribution >= 0.6 is 34.8 Å². The van der Waals surface area contributed by atoms with E-state index in [9.17, 15) is 20.7 Å². The number of azide groups is 2. The van der Waals surface area contributed by atoms with Crippen molar-refractivity contribution in [2.75, 3.05) is 13.2 Å². The monoisotopic (exact) mass is 891 g/mol. The zero-order chi connectivity index (χ0) is 44.0. The Labute approximate surface area is 355 Å². The van der Waals surface area contributed by atoms with E-state index in [1.807, 2.05) is 51.1 Å². The lowest BCUT2D eigenvalue weighted by Gasteiger charge is -2.50. The van der Waals surface area contributed by atoms with Gasteiger partial charge >= 0.3 is 18.1 Å². The Kier molecular flexibility index (Phi) is 19.6. The van der Waals surface area contributed by atoms with E-state index in [1.54, 1.807) is 13.8 Å². The van der Waals surface area contributed by atoms with E-state index in [0.29, 0.717) is 0 Å². The fraction of sp³-hybridized carbons (Fsp3) is 0.722. The molecule has 0 aliphatic carbocycles. The van der Waals surface area contributed by atoms with Crippen LogP contribution in [0.25, 0.3) is 20.9 Å². The van der Waals surface area contributed by atoms with Crippen molar-refractivity contribution < 1.29 is 61.8 Å². The van der Waals surface area contributed by atoms with Crippen LogP contribution in [0.4, 0.5) is 0 Å². The van der Waals surface area contributed by atoms with Gasteiger partial charge in [0.25, 0.3) is 3.79 Å². The zero-order valence-electron chi connectivity index (χ0n) is 33.3. The van der Waals surface area contributed by atoms with Crippen LogP contribution in [-0.4, -0.2) is 109 Å². The lowest BCUT2D eigenvalue weighted by Crippen LogP contribution is -2.62. The van der Waals surface area contributed by atoms with E-state index in [4.69, 9.17) is 92.4 Å². The summed E-state index contributed by atoms with van der Waals surface area (Å²) in [6.07, 6.45) is -8.08. The van der Waals surface area contributed by atoms with Crippen molar-refractivity contribution in [1.29, 1.82) is 5.41 Å². The summed E-state index contributed by atoms with van der Waals surface area (Å²) >= 11 is 17.6. The van der Waals surface area contributed by atoms with Crippen LogP contribution in [0.5, 0.6) is 0 Å². The number of esters is 2. The SMILES string of the molecule is CC(=O)OCC1O[C@H](O[C@@H]2C(C)O[C@@H](O[C@@H]3C(COC(C)=O)OC(OC(=N)C(Cl)(Cl)Cl)C(N=[N+]=[N-])[C@H]3C)C(OCc3ccccc3)[C@H]2C)C(N=[N+]=[N-])[C@@H](C)[C@@H]1C.O=C=O. The molecule has 3 saturated heterocycles. The van der Waals surface area contributed by atoms with E-state index >= 15 is 0 Å². The van der Waals surface area contributed by atoms with Crippen LogP contribution in [0, 0.1) is 29.1 Å². The summed E-state index contributed by atoms with van der Waals surface area (Å²) < 4.78 is 52.7. The molecule has 3 fully saturated rings. The first-order valence-electron chi connectivity index (χ1n) is 18.5. The number of nitrogens with zero attached hydrogens (tertiary/aromatic N) is 6. The summed E-state index contributed by atoms with van der Waals surface area (Å²) in [6.45, 7) is 11.6. The highest BCUT2D eigenvalue weighted by molar-refractivity contribution is 6.76. The first-order chi connectivity index (χ1) is 27.9. The molecule has 7 unspecified atom stereocenters. The fourth-order valence-corrected chi connectivity index (χ4v) is 7.17. The number of carbonyl (C=O) groups is 2. The second kappa shape index (κ2) is 23.3. The quantitative estimate of drug-likeness (QED) is 0.0406. The summed E-state index contributed by atoms with van der Waals surface area (Å²) in [6, 6.07) is 7.60. The number of hydrogen-bond donors (Lipinski definition) is 1. The van der Waals surface area contributed by atoms with Gasteiger partial charge in [0.1, 0.15) is 31.5 Å². The predicted molar refractivity (Wildman–Crippen MR) is 206 cm³/mol. The molecule has 15 atom stereocenters. The second-order valence-electron chi connectivity index (χ2n) is 14.2. The number of alkyl halides is 3. The van der Waals surface area contributed by atoms with Crippen LogP contribution < -0.4 is 0 Å². The van der Waals surface area contributed by atoms with Gasteiger partial charge in [0.15, 0.2) is 12.6 Å². The van der Waals surface area contributed by atoms with Gasteiger partial charge < -0.3 is 42.6 Å². The molecule has 0 saturated carbocycles. The minimum absolute atomic E-state index is 0.0147. The lowest BCUT2D eigenvalue weighted by atomic mass is 9.82. The molecule has 0 aromatic heterocycles. The van der Waals surface area contributed by atoms with Crippen molar-refractivity contribution >= 4 is 58.8 Å². The minimum Gasteiger partial charge on any atom is -0.463 e. The molecular weight excluding hydrogens is 845 g/mol. The summed E-state index contributed by atoms with van der Waals surface area (Å²) in [5, 5.41) is 16.0. The number of halogens is 3. The molecule has 3 aliphatic rings. The summed E-state index contributed by atoms with van der Waals surface area (Å²) in [4.78, 5) is 45.9. The molecule has 0 bridgehead atoms. The lowest BCUT2D eigenvalue weighted by molar-refractivity contribution is -0.352. The first kappa shape index (κ1) is 49.6. The van der Waals surface area contributed by atoms with Crippen LogP contribution in [-0.2, 0) is 68.4 Å². The Balaban J connectivity index is 0.00000300. The first-order valence-corrected chi connectivity index (χ1v) is 19.6. The van der Waals surface area contributed by atoms with Gasteiger partial charge in [-0.15, -0.1) is 0 Å². The van der Waals surface area contributed by atoms with Gasteiger partial charge in [-0.05, 0) is 41.3 Å². The molecule has 20 nitrogen and oxygen atoms in total. The maximum absolute atomic E-state index is 11.9. The van der Waals surface area contributed by atoms with E-state index in [2.05, 4.69) is 20.1 Å². The van der Waals surface area contributed by atoms with E-state index < -0.39 is 101 Å². The Morgan fingerprint density at radius 1 is 0.763 bits per heavy atom. The Bertz CT molecular complexity index is 1700. The molecule has 23 heteroatoms. The van der Waals surface area contributed by atoms with Crippen LogP contribution in [0.15, 0.2) is 40.6 Å². The number of benzene rings is 1. The molecule has 0 spiro atoms. The molecule has 326 valence electrons. The summed E-state index contributed by atoms with van der Waals surface area (Å²) in [7, 11) is 0. The molecule has 3 heterocycles. The average molecular weight is 893 g/mol. The number of ether oxygens (including phenoxy) is 9. The molecular formula is C36H48Cl3N7O13. The highest BCUT2D eigenvalue weighted by Crippen LogP contribution is 2.41. The fourth-order valence-electron chi connectivity index (χ4n) is 7.03. The number of nitrogens with one attached hydrogen (secondary N) is 1. The summed E-state index contributed by atoms with van der Waals surface area (Å²) in [5.74, 6) is -3.39. The zero-order valence-corrected chi connectivity index (χ0v) is 35.6. The third kappa shape index (κ3) is 13.9. The third-order valence-corrected chi connectivity index (χ3v) is 10.8. The van der Waals surface area contributed by atoms with Gasteiger partial charge in [-0.1, -0.05) is 103 Å². The molecule has 1 N–H and O–H groups in total. The maximum atomic E-state index is 11.9. The molecule has 0 radical (unpaired) electrons. The molecule has 59 heavy (non-hydrogen) atoms. The van der Waals surface area contributed by atoms with Crippen molar-refractivity contribution in [1.82, 2.24) is 0 Å². The highest BCUT2D eigenvalue weighted by atomic mass is 35.6. The number of carbonyl (C=O) groups excluding carboxylic acids is 4. The second-order valence-corrected chi connectivity index (χ2v) is 16.5. The Morgan fingerprint density at radius 3 is 1.83 bits per heavy atom. The maximum Gasteiger partial charge on any atom is 0.373 e. The van der Waals surface area contributed by atoms with Gasteiger partial charge in [-0.3, -0.25) is 15.0 Å². The Morgan fingerprint density at radius 2 is 1.29 bits per heavy atom. The van der Waals surface area contributed by atoms with Gasteiger partial charge in [0.05, 0.1) is 37.1 Å². The van der Waals surface area contributed by atoms with Crippen molar-refractivity contribution in [2.24, 2.45) is 33.9 Å². The Hall–Kier alpha value is -3.74. The van der Waals surface area contributed by atoms with Gasteiger partial charge in [-0.2, -0.15) is 9.59 Å². The van der Waals surface area contributed by atoms with Gasteiger partial charge in [0.2, 0.25) is 12.2 Å². The smallest absolute Gasteiger partial charge is 0.373 e. The molecule has 0 amide bonds. The van der Waals surface area contributed by atoms with E-state index in [0.717, 1.165) is 5.56 Å².